The summed E-state index contributed by atoms with van der Waals surface area (Å²) < 4.78 is 5.35. The quantitative estimate of drug-likeness (QED) is 0.295. The molecule has 0 aliphatic rings. The fourth-order valence-electron chi connectivity index (χ4n) is 3.99. The molecule has 2 N–H and O–H groups in total. The summed E-state index contributed by atoms with van der Waals surface area (Å²) >= 11 is 1.45. The van der Waals surface area contributed by atoms with Crippen molar-refractivity contribution in [1.82, 2.24) is 10.6 Å². The molecular weight excluding hydrogens is 484 g/mol. The number of rotatable bonds is 15. The van der Waals surface area contributed by atoms with Gasteiger partial charge in [0.1, 0.15) is 11.8 Å². The van der Waals surface area contributed by atoms with Gasteiger partial charge in [-0.15, -0.1) is 11.8 Å². The van der Waals surface area contributed by atoms with Crippen molar-refractivity contribution in [3.05, 3.63) is 95.9 Å². The zero-order valence-corrected chi connectivity index (χ0v) is 22.3. The molecule has 0 saturated carbocycles. The van der Waals surface area contributed by atoms with Gasteiger partial charge in [0.05, 0.1) is 23.8 Å². The minimum atomic E-state index is -0.704. The predicted octanol–water partition coefficient (Wildman–Crippen LogP) is 4.97. The van der Waals surface area contributed by atoms with Crippen LogP contribution in [0.4, 0.5) is 0 Å². The zero-order chi connectivity index (χ0) is 26.5. The van der Waals surface area contributed by atoms with E-state index < -0.39 is 12.1 Å². The number of amides is 2. The van der Waals surface area contributed by atoms with Gasteiger partial charge in [0.15, 0.2) is 5.78 Å². The Kier molecular flexibility index (Phi) is 11.5. The average Bonchev–Trinajstić information content (AvgIpc) is 3.41. The lowest BCUT2D eigenvalue weighted by Gasteiger charge is -2.24. The van der Waals surface area contributed by atoms with Crippen molar-refractivity contribution >= 4 is 29.4 Å². The van der Waals surface area contributed by atoms with E-state index in [0.717, 1.165) is 16.9 Å². The number of hydrogen-bond acceptors (Lipinski definition) is 5. The summed E-state index contributed by atoms with van der Waals surface area (Å²) in [6.45, 7) is 4.02. The number of nitrogens with one attached hydrogen (secondary N) is 2. The molecule has 3 rings (SSSR count). The highest BCUT2D eigenvalue weighted by Crippen LogP contribution is 2.15. The molecule has 0 saturated heterocycles. The van der Waals surface area contributed by atoms with E-state index in [4.69, 9.17) is 4.42 Å². The summed E-state index contributed by atoms with van der Waals surface area (Å²) in [5.41, 5.74) is 2.03. The Morgan fingerprint density at radius 3 is 2.14 bits per heavy atom. The van der Waals surface area contributed by atoms with E-state index in [0.29, 0.717) is 31.4 Å². The monoisotopic (exact) mass is 520 g/mol. The molecule has 1 heterocycles. The number of carbonyl (C=O) groups excluding carboxylic acids is 3. The second-order valence-corrected chi connectivity index (χ2v) is 10.5. The maximum absolute atomic E-state index is 13.4. The van der Waals surface area contributed by atoms with Crippen LogP contribution >= 0.6 is 11.8 Å². The van der Waals surface area contributed by atoms with Gasteiger partial charge < -0.3 is 15.1 Å². The number of thioether (sulfide) groups is 1. The van der Waals surface area contributed by atoms with Gasteiger partial charge in [-0.25, -0.2) is 0 Å². The molecular formula is C30H36N2O4S. The molecule has 0 aliphatic carbocycles. The fourth-order valence-corrected chi connectivity index (χ4v) is 4.86. The number of carbonyl (C=O) groups is 3. The van der Waals surface area contributed by atoms with Crippen molar-refractivity contribution in [1.29, 1.82) is 0 Å². The normalized spacial score (nSPS) is 12.6. The summed E-state index contributed by atoms with van der Waals surface area (Å²) in [4.78, 5) is 39.2. The molecule has 0 aliphatic heterocycles. The Morgan fingerprint density at radius 1 is 0.838 bits per heavy atom. The van der Waals surface area contributed by atoms with E-state index in [1.54, 1.807) is 6.26 Å². The summed E-state index contributed by atoms with van der Waals surface area (Å²) in [6, 6.07) is 21.7. The smallest absolute Gasteiger partial charge is 0.243 e. The lowest BCUT2D eigenvalue weighted by atomic mass is 9.99. The lowest BCUT2D eigenvalue weighted by molar-refractivity contribution is -0.131. The van der Waals surface area contributed by atoms with E-state index in [-0.39, 0.29) is 29.3 Å². The van der Waals surface area contributed by atoms with Crippen LogP contribution in [0.1, 0.15) is 43.6 Å². The molecule has 2 unspecified atom stereocenters. The predicted molar refractivity (Wildman–Crippen MR) is 148 cm³/mol. The molecule has 3 aromatic rings. The number of ketones is 1. The molecule has 0 fully saturated rings. The molecule has 6 nitrogen and oxygen atoms in total. The molecule has 0 radical (unpaired) electrons. The Morgan fingerprint density at radius 2 is 1.51 bits per heavy atom. The van der Waals surface area contributed by atoms with Crippen molar-refractivity contribution in [2.24, 2.45) is 5.92 Å². The molecule has 2 atom stereocenters. The highest BCUT2D eigenvalue weighted by Gasteiger charge is 2.27. The van der Waals surface area contributed by atoms with Crippen LogP contribution in [0.2, 0.25) is 0 Å². The minimum absolute atomic E-state index is 0.0625. The van der Waals surface area contributed by atoms with E-state index in [9.17, 15) is 14.4 Å². The van der Waals surface area contributed by atoms with Gasteiger partial charge in [0.2, 0.25) is 11.8 Å². The molecule has 37 heavy (non-hydrogen) atoms. The minimum Gasteiger partial charge on any atom is -0.468 e. The SMILES string of the molecule is CC(C)CC(NC(=O)CCc1ccccc1)C(=O)NC(Cc1ccccc1)C(=O)CSCc1ccco1. The Bertz CT molecular complexity index is 1100. The van der Waals surface area contributed by atoms with E-state index >= 15 is 0 Å². The third-order valence-electron chi connectivity index (χ3n) is 5.90. The third-order valence-corrected chi connectivity index (χ3v) is 6.88. The summed E-state index contributed by atoms with van der Waals surface area (Å²) in [5, 5.41) is 5.86. The van der Waals surface area contributed by atoms with Crippen LogP contribution < -0.4 is 10.6 Å². The Hall–Kier alpha value is -3.32. The summed E-state index contributed by atoms with van der Waals surface area (Å²) in [7, 11) is 0. The van der Waals surface area contributed by atoms with Gasteiger partial charge in [0.25, 0.3) is 0 Å². The highest BCUT2D eigenvalue weighted by atomic mass is 32.2. The number of hydrogen-bond donors (Lipinski definition) is 2. The molecule has 1 aromatic heterocycles. The largest absolute Gasteiger partial charge is 0.468 e. The number of furan rings is 1. The van der Waals surface area contributed by atoms with Gasteiger partial charge in [-0.05, 0) is 48.4 Å². The van der Waals surface area contributed by atoms with Crippen LogP contribution in [-0.4, -0.2) is 35.4 Å². The Labute approximate surface area is 223 Å². The van der Waals surface area contributed by atoms with Gasteiger partial charge in [0, 0.05) is 6.42 Å². The fraction of sp³-hybridized carbons (Fsp3) is 0.367. The standard InChI is InChI=1S/C30H36N2O4S/c1-22(2)18-27(31-29(34)16-15-23-10-5-3-6-11-23)30(35)32-26(19-24-12-7-4-8-13-24)28(33)21-37-20-25-14-9-17-36-25/h3-14,17,22,26-27H,15-16,18-21H2,1-2H3,(H,31,34)(H,32,35). The first kappa shape index (κ1) is 28.3. The van der Waals surface area contributed by atoms with Crippen molar-refractivity contribution in [3.8, 4) is 0 Å². The summed E-state index contributed by atoms with van der Waals surface area (Å²) in [6.07, 6.45) is 3.39. The van der Waals surface area contributed by atoms with Crippen molar-refractivity contribution < 1.29 is 18.8 Å². The van der Waals surface area contributed by atoms with Gasteiger partial charge in [-0.3, -0.25) is 14.4 Å². The second kappa shape index (κ2) is 15.1. The van der Waals surface area contributed by atoms with E-state index in [2.05, 4.69) is 10.6 Å². The van der Waals surface area contributed by atoms with Crippen molar-refractivity contribution in [2.45, 2.75) is 57.4 Å². The number of aryl methyl sites for hydroxylation is 1. The van der Waals surface area contributed by atoms with Gasteiger partial charge in [-0.1, -0.05) is 74.5 Å². The van der Waals surface area contributed by atoms with E-state index in [1.165, 1.54) is 11.8 Å². The van der Waals surface area contributed by atoms with Crippen LogP contribution in [0.25, 0.3) is 0 Å². The molecule has 0 spiro atoms. The lowest BCUT2D eigenvalue weighted by Crippen LogP contribution is -2.53. The zero-order valence-electron chi connectivity index (χ0n) is 21.5. The van der Waals surface area contributed by atoms with Gasteiger partial charge in [-0.2, -0.15) is 0 Å². The van der Waals surface area contributed by atoms with Crippen LogP contribution in [-0.2, 0) is 33.0 Å². The maximum Gasteiger partial charge on any atom is 0.243 e. The molecule has 2 aromatic carbocycles. The first-order valence-corrected chi connectivity index (χ1v) is 13.9. The summed E-state index contributed by atoms with van der Waals surface area (Å²) in [5.74, 6) is 1.26. The highest BCUT2D eigenvalue weighted by molar-refractivity contribution is 7.99. The van der Waals surface area contributed by atoms with Crippen LogP contribution in [0.15, 0.2) is 83.5 Å². The third kappa shape index (κ3) is 10.3. The van der Waals surface area contributed by atoms with Gasteiger partial charge >= 0.3 is 0 Å². The molecule has 196 valence electrons. The van der Waals surface area contributed by atoms with Crippen LogP contribution in [0, 0.1) is 5.92 Å². The molecule has 7 heteroatoms. The first-order valence-electron chi connectivity index (χ1n) is 12.7. The van der Waals surface area contributed by atoms with Crippen LogP contribution in [0.3, 0.4) is 0 Å². The Balaban J connectivity index is 1.63. The number of benzene rings is 2. The molecule has 0 bridgehead atoms. The average molecular weight is 521 g/mol. The topological polar surface area (TPSA) is 88.4 Å². The molecule has 2 amide bonds. The first-order chi connectivity index (χ1) is 17.9. The number of Topliss-reactive ketones (excluding diaryl/α,β-unsaturated/α-hetero) is 1. The van der Waals surface area contributed by atoms with Crippen molar-refractivity contribution in [2.75, 3.05) is 5.75 Å². The second-order valence-electron chi connectivity index (χ2n) is 9.52. The maximum atomic E-state index is 13.4. The van der Waals surface area contributed by atoms with E-state index in [1.807, 2.05) is 86.6 Å². The van der Waals surface area contributed by atoms with Crippen LogP contribution in [0.5, 0.6) is 0 Å². The van der Waals surface area contributed by atoms with Crippen molar-refractivity contribution in [3.63, 3.8) is 0 Å².